The van der Waals surface area contributed by atoms with Gasteiger partial charge in [-0.1, -0.05) is 24.3 Å². The van der Waals surface area contributed by atoms with Crippen LogP contribution >= 0.6 is 11.3 Å². The van der Waals surface area contributed by atoms with Gasteiger partial charge in [0.15, 0.2) is 0 Å². The summed E-state index contributed by atoms with van der Waals surface area (Å²) in [6.07, 6.45) is 1.71. The predicted molar refractivity (Wildman–Crippen MR) is 92.4 cm³/mol. The highest BCUT2D eigenvalue weighted by Crippen LogP contribution is 2.24. The Morgan fingerprint density at radius 1 is 1.22 bits per heavy atom. The van der Waals surface area contributed by atoms with Crippen LogP contribution in [0.1, 0.15) is 10.6 Å². The summed E-state index contributed by atoms with van der Waals surface area (Å²) in [6.45, 7) is 0. The van der Waals surface area contributed by atoms with Crippen LogP contribution in [0.5, 0.6) is 5.75 Å². The minimum absolute atomic E-state index is 0.315. The van der Waals surface area contributed by atoms with E-state index in [1.54, 1.807) is 25.3 Å². The van der Waals surface area contributed by atoms with Crippen molar-refractivity contribution < 1.29 is 4.74 Å². The number of allylic oxidation sites excluding steroid dienone is 1. The van der Waals surface area contributed by atoms with E-state index < -0.39 is 0 Å². The number of hydrogen-bond donors (Lipinski definition) is 0. The van der Waals surface area contributed by atoms with Gasteiger partial charge in [0, 0.05) is 4.70 Å². The van der Waals surface area contributed by atoms with E-state index in [4.69, 9.17) is 4.74 Å². The van der Waals surface area contributed by atoms with Crippen molar-refractivity contribution in [1.29, 1.82) is 5.26 Å². The van der Waals surface area contributed by atoms with Crippen LogP contribution in [0.3, 0.4) is 0 Å². The third-order valence-electron chi connectivity index (χ3n) is 3.30. The molecule has 0 radical (unpaired) electrons. The van der Waals surface area contributed by atoms with Crippen molar-refractivity contribution in [3.63, 3.8) is 0 Å². The Morgan fingerprint density at radius 3 is 2.65 bits per heavy atom. The van der Waals surface area contributed by atoms with E-state index in [9.17, 15) is 10.1 Å². The lowest BCUT2D eigenvalue weighted by Crippen LogP contribution is -2.07. The molecule has 0 aliphatic heterocycles. The summed E-state index contributed by atoms with van der Waals surface area (Å²) >= 11 is 1.33. The van der Waals surface area contributed by atoms with E-state index >= 15 is 0 Å². The second kappa shape index (κ2) is 6.42. The minimum atomic E-state index is -0.315. The molecule has 23 heavy (non-hydrogen) atoms. The molecule has 0 bridgehead atoms. The van der Waals surface area contributed by atoms with Gasteiger partial charge in [-0.3, -0.25) is 4.79 Å². The van der Waals surface area contributed by atoms with Gasteiger partial charge < -0.3 is 4.74 Å². The van der Waals surface area contributed by atoms with Crippen LogP contribution in [0.25, 0.3) is 21.7 Å². The summed E-state index contributed by atoms with van der Waals surface area (Å²) < 4.78 is 5.93. The van der Waals surface area contributed by atoms with Crippen LogP contribution in [0.15, 0.2) is 53.3 Å². The topological polar surface area (TPSA) is 63.0 Å². The zero-order valence-electron chi connectivity index (χ0n) is 12.3. The van der Waals surface area contributed by atoms with Crippen LogP contribution in [0, 0.1) is 11.3 Å². The number of nitrogens with zero attached hydrogens (tertiary/aromatic N) is 2. The van der Waals surface area contributed by atoms with Crippen LogP contribution in [0.4, 0.5) is 0 Å². The number of rotatable bonds is 3. The minimum Gasteiger partial charge on any atom is -0.497 e. The number of ether oxygens (including phenoxy) is 1. The second-order valence-corrected chi connectivity index (χ2v) is 5.79. The summed E-state index contributed by atoms with van der Waals surface area (Å²) in [5.41, 5.74) is 0.894. The molecule has 0 unspecified atom stereocenters. The number of fused-ring (bicyclic) bond motifs is 1. The van der Waals surface area contributed by atoms with Gasteiger partial charge in [-0.25, -0.2) is 0 Å². The molecule has 3 rings (SSSR count). The molecule has 0 spiro atoms. The van der Waals surface area contributed by atoms with Crippen molar-refractivity contribution >= 4 is 33.1 Å². The van der Waals surface area contributed by atoms with E-state index in [1.165, 1.54) is 11.3 Å². The molecular weight excluding hydrogens is 308 g/mol. The van der Waals surface area contributed by atoms with Crippen molar-refractivity contribution in [3.8, 4) is 11.8 Å². The van der Waals surface area contributed by atoms with Gasteiger partial charge in [-0.2, -0.15) is 10.2 Å². The molecule has 5 heteroatoms. The molecule has 112 valence electrons. The Bertz CT molecular complexity index is 982. The number of benzene rings is 2. The van der Waals surface area contributed by atoms with E-state index in [0.29, 0.717) is 16.0 Å². The molecule has 4 nitrogen and oxygen atoms in total. The first-order chi connectivity index (χ1) is 11.2. The fraction of sp³-hybridized carbons (Fsp3) is 0.0556. The van der Waals surface area contributed by atoms with Crippen molar-refractivity contribution in [1.82, 2.24) is 4.98 Å². The lowest BCUT2D eigenvalue weighted by Gasteiger charge is -2.02. The largest absolute Gasteiger partial charge is 0.497 e. The van der Waals surface area contributed by atoms with Crippen molar-refractivity contribution in [2.24, 2.45) is 0 Å². The van der Waals surface area contributed by atoms with Gasteiger partial charge in [0.1, 0.15) is 16.8 Å². The first-order valence-electron chi connectivity index (χ1n) is 6.87. The fourth-order valence-electron chi connectivity index (χ4n) is 2.14. The molecule has 0 atom stereocenters. The zero-order valence-corrected chi connectivity index (χ0v) is 13.1. The summed E-state index contributed by atoms with van der Waals surface area (Å²) in [7, 11) is 1.60. The standard InChI is InChI=1S/C18H12N2O2S/c1-22-14-8-6-12(7-9-14)10-13(11-19)18-20-17(21)15-4-2-3-5-16(15)23-18/h2-10H,1H3. The van der Waals surface area contributed by atoms with E-state index in [0.717, 1.165) is 16.0 Å². The molecular formula is C18H12N2O2S. The lowest BCUT2D eigenvalue weighted by molar-refractivity contribution is 0.415. The Hall–Kier alpha value is -2.97. The molecule has 0 N–H and O–H groups in total. The Kier molecular flexibility index (Phi) is 4.18. The number of aromatic nitrogens is 1. The molecule has 0 fully saturated rings. The Morgan fingerprint density at radius 2 is 1.96 bits per heavy atom. The average molecular weight is 320 g/mol. The highest BCUT2D eigenvalue weighted by molar-refractivity contribution is 7.19. The highest BCUT2D eigenvalue weighted by atomic mass is 32.1. The lowest BCUT2D eigenvalue weighted by atomic mass is 10.1. The summed E-state index contributed by atoms with van der Waals surface area (Å²) in [6, 6.07) is 16.7. The monoisotopic (exact) mass is 320 g/mol. The van der Waals surface area contributed by atoms with Crippen molar-refractivity contribution in [3.05, 3.63) is 69.5 Å². The van der Waals surface area contributed by atoms with Crippen LogP contribution in [-0.2, 0) is 0 Å². The summed E-state index contributed by atoms with van der Waals surface area (Å²) in [5, 5.41) is 10.4. The third-order valence-corrected chi connectivity index (χ3v) is 4.39. The normalized spacial score (nSPS) is 11.2. The van der Waals surface area contributed by atoms with Gasteiger partial charge >= 0.3 is 0 Å². The first-order valence-corrected chi connectivity index (χ1v) is 7.69. The van der Waals surface area contributed by atoms with Crippen LogP contribution in [0.2, 0.25) is 0 Å². The molecule has 2 aromatic carbocycles. The first kappa shape index (κ1) is 14.9. The van der Waals surface area contributed by atoms with Gasteiger partial charge in [-0.05, 0) is 35.9 Å². The summed E-state index contributed by atoms with van der Waals surface area (Å²) in [4.78, 5) is 16.1. The second-order valence-electron chi connectivity index (χ2n) is 4.76. The number of hydrogen-bond acceptors (Lipinski definition) is 5. The van der Waals surface area contributed by atoms with Gasteiger partial charge in [0.2, 0.25) is 0 Å². The van der Waals surface area contributed by atoms with Gasteiger partial charge in [0.05, 0.1) is 18.1 Å². The fourth-order valence-corrected chi connectivity index (χ4v) is 3.10. The van der Waals surface area contributed by atoms with E-state index in [1.807, 2.05) is 36.4 Å². The quantitative estimate of drug-likeness (QED) is 0.690. The van der Waals surface area contributed by atoms with E-state index in [2.05, 4.69) is 11.1 Å². The average Bonchev–Trinajstić information content (AvgIpc) is 2.60. The van der Waals surface area contributed by atoms with E-state index in [-0.39, 0.29) is 5.56 Å². The molecule has 3 aromatic rings. The highest BCUT2D eigenvalue weighted by Gasteiger charge is 2.09. The maximum absolute atomic E-state index is 12.1. The zero-order chi connectivity index (χ0) is 16.2. The molecule has 1 heterocycles. The SMILES string of the molecule is COc1ccc(C=C(C#N)c2nc(=O)c3ccccc3s2)cc1. The van der Waals surface area contributed by atoms with Gasteiger partial charge in [0.25, 0.3) is 5.56 Å². The Balaban J connectivity index is 2.08. The number of methoxy groups -OCH3 is 1. The number of nitriles is 1. The van der Waals surface area contributed by atoms with Crippen LogP contribution < -0.4 is 10.3 Å². The molecule has 0 saturated carbocycles. The van der Waals surface area contributed by atoms with Crippen LogP contribution in [-0.4, -0.2) is 12.1 Å². The van der Waals surface area contributed by atoms with Gasteiger partial charge in [-0.15, -0.1) is 11.3 Å². The maximum atomic E-state index is 12.1. The summed E-state index contributed by atoms with van der Waals surface area (Å²) in [5.74, 6) is 0.745. The predicted octanol–water partition coefficient (Wildman–Crippen LogP) is 3.73. The molecule has 0 amide bonds. The molecule has 1 aromatic heterocycles. The third kappa shape index (κ3) is 3.12. The smallest absolute Gasteiger partial charge is 0.279 e. The Labute approximate surface area is 136 Å². The maximum Gasteiger partial charge on any atom is 0.279 e. The molecule has 0 saturated heterocycles. The van der Waals surface area contributed by atoms with Crippen molar-refractivity contribution in [2.75, 3.05) is 7.11 Å². The van der Waals surface area contributed by atoms with Crippen molar-refractivity contribution in [2.45, 2.75) is 0 Å². The molecule has 0 aliphatic carbocycles. The molecule has 0 aliphatic rings.